The number of hydrogen-bond donors (Lipinski definition) is 3. The Kier molecular flexibility index (Phi) is 4.44. The molecule has 0 heterocycles. The number of benzene rings is 1. The van der Waals surface area contributed by atoms with Gasteiger partial charge < -0.3 is 16.2 Å². The standard InChI is InChI=1S/C13H18N2O3/c1-7-4-9(12(14)16)5-8(2)10(7)6-11(15-3)13(17)18/h4-5,11,15H,6H2,1-3H3,(H2,14,16)(H,17,18)/t11-/m0/s1. The number of carboxylic acids is 1. The number of nitrogens with one attached hydrogen (secondary N) is 1. The highest BCUT2D eigenvalue weighted by Gasteiger charge is 2.18. The molecule has 98 valence electrons. The predicted molar refractivity (Wildman–Crippen MR) is 68.6 cm³/mol. The first-order valence-corrected chi connectivity index (χ1v) is 5.66. The Hall–Kier alpha value is -1.88. The molecule has 0 unspecified atom stereocenters. The van der Waals surface area contributed by atoms with Crippen molar-refractivity contribution in [2.45, 2.75) is 26.3 Å². The minimum atomic E-state index is -0.893. The molecule has 5 heteroatoms. The fourth-order valence-electron chi connectivity index (χ4n) is 1.97. The number of likely N-dealkylation sites (N-methyl/N-ethyl adjacent to an activating group) is 1. The van der Waals surface area contributed by atoms with Crippen molar-refractivity contribution in [3.8, 4) is 0 Å². The number of hydrogen-bond acceptors (Lipinski definition) is 3. The van der Waals surface area contributed by atoms with E-state index in [2.05, 4.69) is 5.32 Å². The van der Waals surface area contributed by atoms with E-state index >= 15 is 0 Å². The second kappa shape index (κ2) is 5.64. The molecule has 0 aromatic heterocycles. The third-order valence-corrected chi connectivity index (χ3v) is 3.04. The second-order valence-corrected chi connectivity index (χ2v) is 4.34. The molecule has 0 saturated heterocycles. The molecule has 0 aliphatic rings. The fraction of sp³-hybridized carbons (Fsp3) is 0.385. The molecule has 1 atom stereocenters. The molecule has 0 radical (unpaired) electrons. The largest absolute Gasteiger partial charge is 0.480 e. The van der Waals surface area contributed by atoms with Crippen molar-refractivity contribution in [1.82, 2.24) is 5.32 Å². The highest BCUT2D eigenvalue weighted by Crippen LogP contribution is 2.18. The maximum absolute atomic E-state index is 11.1. The highest BCUT2D eigenvalue weighted by atomic mass is 16.4. The van der Waals surface area contributed by atoms with Crippen LogP contribution in [0.15, 0.2) is 12.1 Å². The SMILES string of the molecule is CN[C@@H](Cc1c(C)cc(C(N)=O)cc1C)C(=O)O. The Morgan fingerprint density at radius 3 is 2.17 bits per heavy atom. The molecule has 1 amide bonds. The molecule has 4 N–H and O–H groups in total. The van der Waals surface area contributed by atoms with Gasteiger partial charge in [-0.05, 0) is 56.1 Å². The highest BCUT2D eigenvalue weighted by molar-refractivity contribution is 5.93. The molecule has 1 aromatic carbocycles. The van der Waals surface area contributed by atoms with Gasteiger partial charge >= 0.3 is 5.97 Å². The Bertz CT molecular complexity index is 460. The quantitative estimate of drug-likeness (QED) is 0.714. The molecule has 1 aromatic rings. The van der Waals surface area contributed by atoms with E-state index in [1.807, 2.05) is 13.8 Å². The summed E-state index contributed by atoms with van der Waals surface area (Å²) < 4.78 is 0. The van der Waals surface area contributed by atoms with Gasteiger partial charge in [0.25, 0.3) is 0 Å². The van der Waals surface area contributed by atoms with Crippen molar-refractivity contribution in [3.63, 3.8) is 0 Å². The van der Waals surface area contributed by atoms with Gasteiger partial charge in [-0.25, -0.2) is 0 Å². The summed E-state index contributed by atoms with van der Waals surface area (Å²) in [6.45, 7) is 3.70. The number of aryl methyl sites for hydroxylation is 2. The van der Waals surface area contributed by atoms with Gasteiger partial charge in [0, 0.05) is 5.56 Å². The van der Waals surface area contributed by atoms with Crippen LogP contribution >= 0.6 is 0 Å². The van der Waals surface area contributed by atoms with Crippen LogP contribution in [0.3, 0.4) is 0 Å². The minimum Gasteiger partial charge on any atom is -0.480 e. The predicted octanol–water partition coefficient (Wildman–Crippen LogP) is 0.617. The number of primary amides is 1. The molecular weight excluding hydrogens is 232 g/mol. The summed E-state index contributed by atoms with van der Waals surface area (Å²) in [5, 5.41) is 11.8. The van der Waals surface area contributed by atoms with Crippen molar-refractivity contribution < 1.29 is 14.7 Å². The number of rotatable bonds is 5. The average Bonchev–Trinajstić information content (AvgIpc) is 2.27. The lowest BCUT2D eigenvalue weighted by Crippen LogP contribution is -2.36. The van der Waals surface area contributed by atoms with Crippen LogP contribution in [-0.4, -0.2) is 30.1 Å². The number of nitrogens with two attached hydrogens (primary N) is 1. The van der Waals surface area contributed by atoms with E-state index in [4.69, 9.17) is 10.8 Å². The van der Waals surface area contributed by atoms with E-state index in [1.54, 1.807) is 19.2 Å². The Morgan fingerprint density at radius 1 is 1.33 bits per heavy atom. The summed E-state index contributed by atoms with van der Waals surface area (Å²) in [5.74, 6) is -1.37. The molecular formula is C13H18N2O3. The van der Waals surface area contributed by atoms with Crippen LogP contribution in [0.4, 0.5) is 0 Å². The Morgan fingerprint density at radius 2 is 1.83 bits per heavy atom. The van der Waals surface area contributed by atoms with Crippen LogP contribution < -0.4 is 11.1 Å². The van der Waals surface area contributed by atoms with Crippen molar-refractivity contribution in [2.75, 3.05) is 7.05 Å². The third kappa shape index (κ3) is 3.07. The summed E-state index contributed by atoms with van der Waals surface area (Å²) in [6, 6.07) is 2.75. The molecule has 0 spiro atoms. The molecule has 0 fully saturated rings. The van der Waals surface area contributed by atoms with E-state index in [0.29, 0.717) is 12.0 Å². The van der Waals surface area contributed by atoms with Crippen molar-refractivity contribution in [3.05, 3.63) is 34.4 Å². The number of carboxylic acid groups (broad SMARTS) is 1. The van der Waals surface area contributed by atoms with Gasteiger partial charge in [-0.15, -0.1) is 0 Å². The first-order chi connectivity index (χ1) is 8.36. The normalized spacial score (nSPS) is 12.2. The van der Waals surface area contributed by atoms with Gasteiger partial charge in [-0.1, -0.05) is 0 Å². The van der Waals surface area contributed by atoms with Gasteiger partial charge in [-0.3, -0.25) is 9.59 Å². The van der Waals surface area contributed by atoms with Crippen LogP contribution in [0.25, 0.3) is 0 Å². The van der Waals surface area contributed by atoms with E-state index in [9.17, 15) is 9.59 Å². The Balaban J connectivity index is 3.10. The lowest BCUT2D eigenvalue weighted by atomic mass is 9.94. The summed E-state index contributed by atoms with van der Waals surface area (Å²) >= 11 is 0. The van der Waals surface area contributed by atoms with Crippen LogP contribution in [0.2, 0.25) is 0 Å². The molecule has 1 rings (SSSR count). The molecule has 18 heavy (non-hydrogen) atoms. The van der Waals surface area contributed by atoms with Crippen LogP contribution in [0, 0.1) is 13.8 Å². The summed E-state index contributed by atoms with van der Waals surface area (Å²) in [6.07, 6.45) is 0.378. The Labute approximate surface area is 106 Å². The minimum absolute atomic E-state index is 0.378. The van der Waals surface area contributed by atoms with Gasteiger partial charge in [0.15, 0.2) is 0 Å². The number of amides is 1. The number of carbonyl (C=O) groups excluding carboxylic acids is 1. The van der Waals surface area contributed by atoms with Gasteiger partial charge in [0.1, 0.15) is 6.04 Å². The smallest absolute Gasteiger partial charge is 0.321 e. The van der Waals surface area contributed by atoms with Crippen molar-refractivity contribution >= 4 is 11.9 Å². The van der Waals surface area contributed by atoms with Crippen LogP contribution in [0.1, 0.15) is 27.0 Å². The summed E-state index contributed by atoms with van der Waals surface area (Å²) in [7, 11) is 1.61. The average molecular weight is 250 g/mol. The zero-order valence-electron chi connectivity index (χ0n) is 10.8. The maximum Gasteiger partial charge on any atom is 0.321 e. The zero-order valence-corrected chi connectivity index (χ0v) is 10.8. The molecule has 0 saturated carbocycles. The number of carbonyl (C=O) groups is 2. The molecule has 0 bridgehead atoms. The third-order valence-electron chi connectivity index (χ3n) is 3.04. The van der Waals surface area contributed by atoms with Crippen molar-refractivity contribution in [2.24, 2.45) is 5.73 Å². The zero-order chi connectivity index (χ0) is 13.9. The first-order valence-electron chi connectivity index (χ1n) is 5.66. The van der Waals surface area contributed by atoms with Crippen LogP contribution in [0.5, 0.6) is 0 Å². The van der Waals surface area contributed by atoms with E-state index in [1.165, 1.54) is 0 Å². The maximum atomic E-state index is 11.1. The van der Waals surface area contributed by atoms with Crippen LogP contribution in [-0.2, 0) is 11.2 Å². The van der Waals surface area contributed by atoms with E-state index < -0.39 is 17.9 Å². The monoisotopic (exact) mass is 250 g/mol. The molecule has 5 nitrogen and oxygen atoms in total. The first kappa shape index (κ1) is 14.2. The summed E-state index contributed by atoms with van der Waals surface area (Å²) in [5.41, 5.74) is 8.37. The topological polar surface area (TPSA) is 92.4 Å². The van der Waals surface area contributed by atoms with E-state index in [-0.39, 0.29) is 0 Å². The van der Waals surface area contributed by atoms with Gasteiger partial charge in [0.2, 0.25) is 5.91 Å². The lowest BCUT2D eigenvalue weighted by molar-refractivity contribution is -0.139. The lowest BCUT2D eigenvalue weighted by Gasteiger charge is -2.16. The van der Waals surface area contributed by atoms with Gasteiger partial charge in [-0.2, -0.15) is 0 Å². The molecule has 0 aliphatic heterocycles. The summed E-state index contributed by atoms with van der Waals surface area (Å²) in [4.78, 5) is 22.1. The van der Waals surface area contributed by atoms with Crippen molar-refractivity contribution in [1.29, 1.82) is 0 Å². The van der Waals surface area contributed by atoms with Gasteiger partial charge in [0.05, 0.1) is 0 Å². The second-order valence-electron chi connectivity index (χ2n) is 4.34. The molecule has 0 aliphatic carbocycles. The van der Waals surface area contributed by atoms with E-state index in [0.717, 1.165) is 16.7 Å². The number of aliphatic carboxylic acids is 1. The fourth-order valence-corrected chi connectivity index (χ4v) is 1.97.